The van der Waals surface area contributed by atoms with Gasteiger partial charge in [-0.3, -0.25) is 18.7 Å². The molecule has 3 aromatic rings. The number of carbonyl (C=O) groups excluding carboxylic acids is 1. The van der Waals surface area contributed by atoms with Crippen LogP contribution in [-0.4, -0.2) is 21.1 Å². The molecule has 0 fully saturated rings. The zero-order chi connectivity index (χ0) is 19.6. The summed E-state index contributed by atoms with van der Waals surface area (Å²) >= 11 is 7.44. The largest absolute Gasteiger partial charge is 0.352 e. The van der Waals surface area contributed by atoms with Crippen molar-refractivity contribution in [3.05, 3.63) is 67.1 Å². The van der Waals surface area contributed by atoms with Crippen LogP contribution in [0.15, 0.2) is 45.3 Å². The minimum absolute atomic E-state index is 0.0141. The van der Waals surface area contributed by atoms with Gasteiger partial charge in [-0.2, -0.15) is 0 Å². The summed E-state index contributed by atoms with van der Waals surface area (Å²) in [4.78, 5) is 38.2. The van der Waals surface area contributed by atoms with Gasteiger partial charge in [-0.05, 0) is 36.4 Å². The van der Waals surface area contributed by atoms with Gasteiger partial charge in [-0.1, -0.05) is 36.7 Å². The Morgan fingerprint density at radius 3 is 2.67 bits per heavy atom. The molecule has 1 atom stereocenters. The number of amides is 1. The van der Waals surface area contributed by atoms with Gasteiger partial charge in [-0.15, -0.1) is 11.3 Å². The molecule has 142 valence electrons. The topological polar surface area (TPSA) is 73.1 Å². The first-order valence-corrected chi connectivity index (χ1v) is 9.91. The molecule has 2 heterocycles. The predicted molar refractivity (Wildman–Crippen MR) is 109 cm³/mol. The summed E-state index contributed by atoms with van der Waals surface area (Å²) in [5, 5.41) is 5.08. The fourth-order valence-electron chi connectivity index (χ4n) is 2.79. The molecule has 0 radical (unpaired) electrons. The van der Waals surface area contributed by atoms with Crippen LogP contribution in [0, 0.1) is 0 Å². The van der Waals surface area contributed by atoms with Crippen LogP contribution in [0.4, 0.5) is 0 Å². The maximum Gasteiger partial charge on any atom is 0.332 e. The highest BCUT2D eigenvalue weighted by molar-refractivity contribution is 7.17. The number of hydrogen-bond acceptors (Lipinski definition) is 4. The molecule has 1 amide bonds. The number of rotatable bonds is 6. The molecule has 8 heteroatoms. The van der Waals surface area contributed by atoms with E-state index in [1.165, 1.54) is 15.9 Å². The third-order valence-corrected chi connectivity index (χ3v) is 5.70. The lowest BCUT2D eigenvalue weighted by Gasteiger charge is -2.15. The minimum atomic E-state index is -0.523. The predicted octanol–water partition coefficient (Wildman–Crippen LogP) is 2.84. The van der Waals surface area contributed by atoms with Gasteiger partial charge in [0.25, 0.3) is 5.56 Å². The number of nitrogens with one attached hydrogen (secondary N) is 1. The van der Waals surface area contributed by atoms with Crippen LogP contribution < -0.4 is 16.6 Å². The molecule has 0 bridgehead atoms. The van der Waals surface area contributed by atoms with E-state index in [4.69, 9.17) is 11.6 Å². The number of halogens is 1. The van der Waals surface area contributed by atoms with Gasteiger partial charge >= 0.3 is 5.69 Å². The van der Waals surface area contributed by atoms with Crippen molar-refractivity contribution < 1.29 is 4.79 Å². The van der Waals surface area contributed by atoms with Crippen molar-refractivity contribution in [2.75, 3.05) is 0 Å². The second kappa shape index (κ2) is 8.10. The van der Waals surface area contributed by atoms with Crippen molar-refractivity contribution in [1.29, 1.82) is 0 Å². The maximum atomic E-state index is 13.0. The number of hydrogen-bond donors (Lipinski definition) is 1. The van der Waals surface area contributed by atoms with Crippen LogP contribution in [-0.2, 0) is 17.9 Å². The molecule has 0 saturated carbocycles. The summed E-state index contributed by atoms with van der Waals surface area (Å²) in [6, 6.07) is 8.78. The molecular weight excluding hydrogens is 386 g/mol. The zero-order valence-electron chi connectivity index (χ0n) is 15.1. The van der Waals surface area contributed by atoms with E-state index in [0.29, 0.717) is 20.8 Å². The minimum Gasteiger partial charge on any atom is -0.352 e. The molecule has 0 aliphatic rings. The van der Waals surface area contributed by atoms with Crippen LogP contribution in [0.5, 0.6) is 0 Å². The Morgan fingerprint density at radius 1 is 1.22 bits per heavy atom. The van der Waals surface area contributed by atoms with Crippen LogP contribution >= 0.6 is 22.9 Å². The summed E-state index contributed by atoms with van der Waals surface area (Å²) in [6.45, 7) is 3.79. The van der Waals surface area contributed by atoms with E-state index in [1.807, 2.05) is 13.8 Å². The standard InChI is InChI=1S/C19H20ClN3O3S/c1-3-12(2)21-16(24)11-22-15-8-9-27-17(15)18(25)23(19(22)26)10-13-6-4-5-7-14(13)20/h4-9,12H,3,10-11H2,1-2H3,(H,21,24)/t12-/m1/s1. The molecule has 2 aromatic heterocycles. The monoisotopic (exact) mass is 405 g/mol. The summed E-state index contributed by atoms with van der Waals surface area (Å²) in [7, 11) is 0. The van der Waals surface area contributed by atoms with E-state index >= 15 is 0 Å². The van der Waals surface area contributed by atoms with Crippen molar-refractivity contribution in [2.45, 2.75) is 39.4 Å². The summed E-state index contributed by atoms with van der Waals surface area (Å²) in [5.74, 6) is -0.262. The number of carbonyl (C=O) groups is 1. The lowest BCUT2D eigenvalue weighted by Crippen LogP contribution is -2.43. The van der Waals surface area contributed by atoms with Crippen LogP contribution in [0.3, 0.4) is 0 Å². The second-order valence-corrected chi connectivity index (χ2v) is 7.69. The highest BCUT2D eigenvalue weighted by Crippen LogP contribution is 2.18. The van der Waals surface area contributed by atoms with Gasteiger partial charge in [0, 0.05) is 11.1 Å². The van der Waals surface area contributed by atoms with Gasteiger partial charge in [0.05, 0.1) is 12.1 Å². The molecule has 0 unspecified atom stereocenters. The lowest BCUT2D eigenvalue weighted by atomic mass is 10.2. The van der Waals surface area contributed by atoms with Gasteiger partial charge in [0.1, 0.15) is 11.2 Å². The van der Waals surface area contributed by atoms with Gasteiger partial charge < -0.3 is 5.32 Å². The second-order valence-electron chi connectivity index (χ2n) is 6.36. The third-order valence-electron chi connectivity index (χ3n) is 4.44. The maximum absolute atomic E-state index is 13.0. The number of aromatic nitrogens is 2. The molecule has 3 rings (SSSR count). The molecule has 0 spiro atoms. The molecule has 6 nitrogen and oxygen atoms in total. The lowest BCUT2D eigenvalue weighted by molar-refractivity contribution is -0.122. The summed E-state index contributed by atoms with van der Waals surface area (Å²) in [6.07, 6.45) is 0.792. The average molecular weight is 406 g/mol. The summed E-state index contributed by atoms with van der Waals surface area (Å²) in [5.41, 5.74) is 0.253. The molecule has 1 aromatic carbocycles. The van der Waals surface area contributed by atoms with E-state index in [1.54, 1.807) is 35.7 Å². The van der Waals surface area contributed by atoms with Crippen LogP contribution in [0.1, 0.15) is 25.8 Å². The first-order valence-electron chi connectivity index (χ1n) is 8.66. The van der Waals surface area contributed by atoms with E-state index < -0.39 is 5.69 Å². The Morgan fingerprint density at radius 2 is 1.96 bits per heavy atom. The SMILES string of the molecule is CC[C@@H](C)NC(=O)Cn1c(=O)n(Cc2ccccc2Cl)c(=O)c2sccc21. The van der Waals surface area contributed by atoms with E-state index in [-0.39, 0.29) is 30.6 Å². The van der Waals surface area contributed by atoms with Crippen LogP contribution in [0.2, 0.25) is 5.02 Å². The van der Waals surface area contributed by atoms with Gasteiger partial charge in [0.15, 0.2) is 0 Å². The van der Waals surface area contributed by atoms with Crippen molar-refractivity contribution in [3.8, 4) is 0 Å². The first-order chi connectivity index (χ1) is 12.9. The fourth-order valence-corrected chi connectivity index (χ4v) is 3.83. The smallest absolute Gasteiger partial charge is 0.332 e. The van der Waals surface area contributed by atoms with Crippen molar-refractivity contribution in [3.63, 3.8) is 0 Å². The molecule has 27 heavy (non-hydrogen) atoms. The van der Waals surface area contributed by atoms with Crippen molar-refractivity contribution >= 4 is 39.1 Å². The number of nitrogens with zero attached hydrogens (tertiary/aromatic N) is 2. The third kappa shape index (κ3) is 3.99. The van der Waals surface area contributed by atoms with E-state index in [9.17, 15) is 14.4 Å². The quantitative estimate of drug-likeness (QED) is 0.685. The number of thiophene rings is 1. The highest BCUT2D eigenvalue weighted by atomic mass is 35.5. The van der Waals surface area contributed by atoms with E-state index in [2.05, 4.69) is 5.32 Å². The Bertz CT molecular complexity index is 1100. The fraction of sp³-hybridized carbons (Fsp3) is 0.316. The Labute approximate surface area is 165 Å². The molecule has 0 aliphatic carbocycles. The Kier molecular flexibility index (Phi) is 5.82. The first kappa shape index (κ1) is 19.4. The number of benzene rings is 1. The van der Waals surface area contributed by atoms with Gasteiger partial charge in [-0.25, -0.2) is 4.79 Å². The molecule has 0 aliphatic heterocycles. The molecule has 0 saturated heterocycles. The summed E-state index contributed by atoms with van der Waals surface area (Å²) < 4.78 is 2.93. The number of fused-ring (bicyclic) bond motifs is 1. The molecule has 1 N–H and O–H groups in total. The van der Waals surface area contributed by atoms with Gasteiger partial charge in [0.2, 0.25) is 5.91 Å². The highest BCUT2D eigenvalue weighted by Gasteiger charge is 2.17. The molecular formula is C19H20ClN3O3S. The van der Waals surface area contributed by atoms with Crippen LogP contribution in [0.25, 0.3) is 10.2 Å². The Hall–Kier alpha value is -2.38. The van der Waals surface area contributed by atoms with Crippen molar-refractivity contribution in [2.24, 2.45) is 0 Å². The van der Waals surface area contributed by atoms with Crippen molar-refractivity contribution in [1.82, 2.24) is 14.5 Å². The average Bonchev–Trinajstić information content (AvgIpc) is 3.13. The zero-order valence-corrected chi connectivity index (χ0v) is 16.6. The Balaban J connectivity index is 2.08. The van der Waals surface area contributed by atoms with E-state index in [0.717, 1.165) is 11.0 Å². The normalized spacial score (nSPS) is 12.3.